The fourth-order valence-electron chi connectivity index (χ4n) is 1.62. The molecule has 21 heavy (non-hydrogen) atoms. The molecule has 2 rings (SSSR count). The second-order valence-corrected chi connectivity index (χ2v) is 7.13. The minimum Gasteiger partial charge on any atom is -0.446 e. The Balaban J connectivity index is 2.08. The zero-order chi connectivity index (χ0) is 15.6. The molecule has 0 aromatic carbocycles. The number of nitrogens with one attached hydrogen (secondary N) is 1. The van der Waals surface area contributed by atoms with Crippen LogP contribution in [-0.2, 0) is 16.6 Å². The third kappa shape index (κ3) is 3.55. The van der Waals surface area contributed by atoms with Crippen LogP contribution in [0.2, 0.25) is 5.15 Å². The number of aromatic nitrogens is 1. The van der Waals surface area contributed by atoms with E-state index in [0.717, 1.165) is 15.6 Å². The maximum atomic E-state index is 11.9. The van der Waals surface area contributed by atoms with E-state index in [9.17, 15) is 8.42 Å². The number of halogens is 1. The Hall–Kier alpha value is -1.57. The van der Waals surface area contributed by atoms with Gasteiger partial charge in [-0.05, 0) is 30.7 Å². The van der Waals surface area contributed by atoms with Crippen LogP contribution in [0.15, 0.2) is 33.9 Å². The lowest BCUT2D eigenvalue weighted by Crippen LogP contribution is -2.21. The van der Waals surface area contributed by atoms with Crippen molar-refractivity contribution >= 4 is 27.3 Å². The third-order valence-electron chi connectivity index (χ3n) is 2.85. The second kappa shape index (κ2) is 6.05. The number of anilines is 1. The molecule has 2 heterocycles. The molecule has 0 radical (unpaired) electrons. The van der Waals surface area contributed by atoms with Gasteiger partial charge in [-0.3, -0.25) is 0 Å². The summed E-state index contributed by atoms with van der Waals surface area (Å²) >= 11 is 5.85. The minimum absolute atomic E-state index is 0.0743. The van der Waals surface area contributed by atoms with E-state index in [1.807, 2.05) is 13.0 Å². The van der Waals surface area contributed by atoms with Gasteiger partial charge in [-0.25, -0.2) is 17.7 Å². The highest BCUT2D eigenvalue weighted by molar-refractivity contribution is 7.88. The molecule has 0 saturated carbocycles. The Morgan fingerprint density at radius 2 is 2.10 bits per heavy atom. The fraction of sp³-hybridized carbons (Fsp3) is 0.308. The molecule has 6 nitrogen and oxygen atoms in total. The number of nitrogens with zero attached hydrogens (tertiary/aromatic N) is 2. The molecule has 8 heteroatoms. The van der Waals surface area contributed by atoms with Gasteiger partial charge >= 0.3 is 0 Å². The van der Waals surface area contributed by atoms with Crippen LogP contribution in [0, 0.1) is 6.92 Å². The van der Waals surface area contributed by atoms with E-state index in [2.05, 4.69) is 10.3 Å². The Kier molecular flexibility index (Phi) is 4.55. The normalized spacial score (nSPS) is 11.9. The lowest BCUT2D eigenvalue weighted by atomic mass is 10.3. The van der Waals surface area contributed by atoms with Crippen molar-refractivity contribution < 1.29 is 12.8 Å². The first-order valence-electron chi connectivity index (χ1n) is 6.18. The number of aryl methyl sites for hydroxylation is 1. The van der Waals surface area contributed by atoms with Gasteiger partial charge in [0.15, 0.2) is 0 Å². The predicted molar refractivity (Wildman–Crippen MR) is 80.9 cm³/mol. The van der Waals surface area contributed by atoms with Crippen molar-refractivity contribution in [2.24, 2.45) is 0 Å². The zero-order valence-corrected chi connectivity index (χ0v) is 13.5. The standard InChI is InChI=1S/C13H16ClN3O3S/c1-9-6-10(7-16-13(9)14)15-8-11-4-5-12(20-11)21(18,19)17(2)3/h4-7,15H,8H2,1-3H3. The lowest BCUT2D eigenvalue weighted by Gasteiger charge is -2.08. The van der Waals surface area contributed by atoms with E-state index < -0.39 is 10.0 Å². The molecule has 0 fully saturated rings. The molecule has 2 aromatic heterocycles. The molecule has 0 unspecified atom stereocenters. The maximum absolute atomic E-state index is 11.9. The fourth-order valence-corrected chi connectivity index (χ4v) is 2.53. The van der Waals surface area contributed by atoms with Crippen molar-refractivity contribution in [3.8, 4) is 0 Å². The molecule has 114 valence electrons. The van der Waals surface area contributed by atoms with E-state index in [1.165, 1.54) is 20.2 Å². The van der Waals surface area contributed by atoms with Crippen LogP contribution in [0.3, 0.4) is 0 Å². The first-order valence-corrected chi connectivity index (χ1v) is 8.00. The van der Waals surface area contributed by atoms with Gasteiger partial charge in [0.1, 0.15) is 10.9 Å². The van der Waals surface area contributed by atoms with E-state index in [-0.39, 0.29) is 5.09 Å². The smallest absolute Gasteiger partial charge is 0.275 e. The van der Waals surface area contributed by atoms with E-state index in [4.69, 9.17) is 16.0 Å². The molecule has 0 aliphatic carbocycles. The summed E-state index contributed by atoms with van der Waals surface area (Å²) in [5.41, 5.74) is 1.64. The quantitative estimate of drug-likeness (QED) is 0.853. The Morgan fingerprint density at radius 1 is 1.38 bits per heavy atom. The summed E-state index contributed by atoms with van der Waals surface area (Å²) < 4.78 is 30.2. The first-order chi connectivity index (χ1) is 9.80. The van der Waals surface area contributed by atoms with Crippen molar-refractivity contribution in [2.75, 3.05) is 19.4 Å². The number of hydrogen-bond acceptors (Lipinski definition) is 5. The molecule has 1 N–H and O–H groups in total. The van der Waals surface area contributed by atoms with Crippen molar-refractivity contribution in [3.63, 3.8) is 0 Å². The largest absolute Gasteiger partial charge is 0.446 e. The van der Waals surface area contributed by atoms with Gasteiger partial charge in [-0.15, -0.1) is 0 Å². The first kappa shape index (κ1) is 15.8. The van der Waals surface area contributed by atoms with Crippen LogP contribution in [0.4, 0.5) is 5.69 Å². The van der Waals surface area contributed by atoms with E-state index in [0.29, 0.717) is 17.5 Å². The molecule has 0 spiro atoms. The second-order valence-electron chi connectivity index (χ2n) is 4.69. The molecular weight excluding hydrogens is 314 g/mol. The Bertz CT molecular complexity index is 741. The highest BCUT2D eigenvalue weighted by Crippen LogP contribution is 2.19. The molecule has 0 saturated heterocycles. The summed E-state index contributed by atoms with van der Waals surface area (Å²) in [5.74, 6) is 0.517. The molecule has 0 atom stereocenters. The van der Waals surface area contributed by atoms with Crippen LogP contribution in [0.1, 0.15) is 11.3 Å². The van der Waals surface area contributed by atoms with Crippen molar-refractivity contribution in [2.45, 2.75) is 18.6 Å². The zero-order valence-electron chi connectivity index (χ0n) is 11.9. The number of pyridine rings is 1. The summed E-state index contributed by atoms with van der Waals surface area (Å²) in [4.78, 5) is 4.03. The molecular formula is C13H16ClN3O3S. The van der Waals surface area contributed by atoms with Gasteiger partial charge in [0.05, 0.1) is 18.4 Å². The van der Waals surface area contributed by atoms with Gasteiger partial charge in [0, 0.05) is 14.1 Å². The number of sulfonamides is 1. The van der Waals surface area contributed by atoms with Gasteiger partial charge in [-0.2, -0.15) is 0 Å². The number of hydrogen-bond donors (Lipinski definition) is 1. The van der Waals surface area contributed by atoms with Crippen molar-refractivity contribution in [1.29, 1.82) is 0 Å². The predicted octanol–water partition coefficient (Wildman–Crippen LogP) is 2.50. The van der Waals surface area contributed by atoms with Gasteiger partial charge in [0.25, 0.3) is 10.0 Å². The molecule has 0 aliphatic heterocycles. The topological polar surface area (TPSA) is 75.4 Å². The average Bonchev–Trinajstić information content (AvgIpc) is 2.89. The van der Waals surface area contributed by atoms with Crippen LogP contribution < -0.4 is 5.32 Å². The average molecular weight is 330 g/mol. The van der Waals surface area contributed by atoms with Gasteiger partial charge in [0.2, 0.25) is 5.09 Å². The molecule has 2 aromatic rings. The lowest BCUT2D eigenvalue weighted by molar-refractivity contribution is 0.402. The van der Waals surface area contributed by atoms with Crippen LogP contribution in [-0.4, -0.2) is 31.8 Å². The highest BCUT2D eigenvalue weighted by atomic mass is 35.5. The van der Waals surface area contributed by atoms with E-state index >= 15 is 0 Å². The van der Waals surface area contributed by atoms with Crippen molar-refractivity contribution in [3.05, 3.63) is 40.9 Å². The minimum atomic E-state index is -3.54. The van der Waals surface area contributed by atoms with Crippen LogP contribution >= 0.6 is 11.6 Å². The van der Waals surface area contributed by atoms with E-state index in [1.54, 1.807) is 12.3 Å². The summed E-state index contributed by atoms with van der Waals surface area (Å²) in [6.07, 6.45) is 1.61. The number of furan rings is 1. The third-order valence-corrected chi connectivity index (χ3v) is 4.94. The highest BCUT2D eigenvalue weighted by Gasteiger charge is 2.21. The summed E-state index contributed by atoms with van der Waals surface area (Å²) in [5, 5.41) is 3.48. The molecule has 0 bridgehead atoms. The SMILES string of the molecule is Cc1cc(NCc2ccc(S(=O)(=O)N(C)C)o2)cnc1Cl. The Morgan fingerprint density at radius 3 is 2.71 bits per heavy atom. The van der Waals surface area contributed by atoms with Gasteiger partial charge < -0.3 is 9.73 Å². The monoisotopic (exact) mass is 329 g/mol. The van der Waals surface area contributed by atoms with Crippen LogP contribution in [0.25, 0.3) is 0 Å². The summed E-state index contributed by atoms with van der Waals surface area (Å²) in [6, 6.07) is 4.92. The van der Waals surface area contributed by atoms with Crippen molar-refractivity contribution in [1.82, 2.24) is 9.29 Å². The molecule has 0 amide bonds. The summed E-state index contributed by atoms with van der Waals surface area (Å²) in [7, 11) is -0.630. The van der Waals surface area contributed by atoms with Gasteiger partial charge in [-0.1, -0.05) is 11.6 Å². The number of rotatable bonds is 5. The maximum Gasteiger partial charge on any atom is 0.275 e. The Labute approximate surface area is 128 Å². The summed E-state index contributed by atoms with van der Waals surface area (Å²) in [6.45, 7) is 2.21. The molecule has 0 aliphatic rings. The van der Waals surface area contributed by atoms with Crippen LogP contribution in [0.5, 0.6) is 0 Å².